The molecule has 2 rings (SSSR count). The van der Waals surface area contributed by atoms with Crippen molar-refractivity contribution in [2.45, 2.75) is 16.1 Å². The summed E-state index contributed by atoms with van der Waals surface area (Å²) >= 11 is 4.53. The van der Waals surface area contributed by atoms with E-state index in [1.165, 1.54) is 17.8 Å². The van der Waals surface area contributed by atoms with Crippen LogP contribution in [0.1, 0.15) is 5.56 Å². The van der Waals surface area contributed by atoms with Crippen molar-refractivity contribution >= 4 is 33.4 Å². The third-order valence-corrected chi connectivity index (χ3v) is 4.28. The second-order valence-corrected chi connectivity index (χ2v) is 5.53. The number of rotatable bonds is 2. The normalized spacial score (nSPS) is 11.6. The van der Waals surface area contributed by atoms with Crippen molar-refractivity contribution < 1.29 is 13.2 Å². The first kappa shape index (κ1) is 14.2. The Hall–Kier alpha value is -1.21. The summed E-state index contributed by atoms with van der Waals surface area (Å²) in [6.07, 6.45) is -2.78. The fourth-order valence-electron chi connectivity index (χ4n) is 1.37. The molecule has 100 valence electrons. The van der Waals surface area contributed by atoms with Crippen molar-refractivity contribution in [1.29, 1.82) is 0 Å². The van der Waals surface area contributed by atoms with Crippen LogP contribution in [0.15, 0.2) is 50.9 Å². The maximum absolute atomic E-state index is 12.5. The van der Waals surface area contributed by atoms with E-state index in [1.54, 1.807) is 18.3 Å². The van der Waals surface area contributed by atoms with Gasteiger partial charge in [-0.1, -0.05) is 11.8 Å². The topological polar surface area (TPSA) is 38.9 Å². The summed E-state index contributed by atoms with van der Waals surface area (Å²) in [5.74, 6) is 0. The quantitative estimate of drug-likeness (QED) is 0.806. The second kappa shape index (κ2) is 5.42. The summed E-state index contributed by atoms with van der Waals surface area (Å²) in [5, 5.41) is 0.647. The molecule has 0 aliphatic carbocycles. The summed E-state index contributed by atoms with van der Waals surface area (Å²) in [6, 6.07) is 6.85. The minimum absolute atomic E-state index is 0.0809. The molecule has 2 aromatic rings. The van der Waals surface area contributed by atoms with Crippen LogP contribution < -0.4 is 5.73 Å². The Labute approximate surface area is 120 Å². The molecular weight excluding hydrogens is 341 g/mol. The van der Waals surface area contributed by atoms with Gasteiger partial charge in [0.15, 0.2) is 0 Å². The van der Waals surface area contributed by atoms with Gasteiger partial charge in [0.25, 0.3) is 0 Å². The minimum Gasteiger partial charge on any atom is -0.398 e. The highest BCUT2D eigenvalue weighted by molar-refractivity contribution is 9.10. The van der Waals surface area contributed by atoms with E-state index >= 15 is 0 Å². The van der Waals surface area contributed by atoms with Crippen molar-refractivity contribution in [1.82, 2.24) is 4.98 Å². The molecule has 7 heteroatoms. The number of anilines is 1. The molecule has 1 aromatic carbocycles. The Morgan fingerprint density at radius 3 is 2.53 bits per heavy atom. The van der Waals surface area contributed by atoms with Gasteiger partial charge in [0.2, 0.25) is 0 Å². The van der Waals surface area contributed by atoms with Crippen molar-refractivity contribution in [3.05, 3.63) is 46.6 Å². The maximum atomic E-state index is 12.5. The lowest BCUT2D eigenvalue weighted by molar-refractivity contribution is -0.137. The van der Waals surface area contributed by atoms with E-state index in [2.05, 4.69) is 20.9 Å². The molecule has 0 fully saturated rings. The number of alkyl halides is 3. The van der Waals surface area contributed by atoms with Gasteiger partial charge in [0.1, 0.15) is 5.03 Å². The van der Waals surface area contributed by atoms with Gasteiger partial charge in [-0.25, -0.2) is 4.98 Å². The zero-order valence-electron chi connectivity index (χ0n) is 9.41. The van der Waals surface area contributed by atoms with Crippen LogP contribution in [0.5, 0.6) is 0 Å². The van der Waals surface area contributed by atoms with E-state index in [1.807, 2.05) is 0 Å². The summed E-state index contributed by atoms with van der Waals surface area (Å²) < 4.78 is 38.3. The predicted molar refractivity (Wildman–Crippen MR) is 71.9 cm³/mol. The zero-order chi connectivity index (χ0) is 14.0. The molecule has 0 amide bonds. The van der Waals surface area contributed by atoms with Crippen molar-refractivity contribution in [2.24, 2.45) is 0 Å². The van der Waals surface area contributed by atoms with Crippen molar-refractivity contribution in [3.63, 3.8) is 0 Å². The van der Waals surface area contributed by atoms with Crippen LogP contribution in [-0.2, 0) is 6.18 Å². The minimum atomic E-state index is -4.39. The van der Waals surface area contributed by atoms with Gasteiger partial charge in [-0.3, -0.25) is 0 Å². The molecule has 0 aliphatic heterocycles. The lowest BCUT2D eigenvalue weighted by Crippen LogP contribution is -2.05. The number of pyridine rings is 1. The number of nitrogen functional groups attached to an aromatic ring is 1. The number of hydrogen-bond acceptors (Lipinski definition) is 3. The van der Waals surface area contributed by atoms with Gasteiger partial charge in [0, 0.05) is 16.8 Å². The first-order valence-corrected chi connectivity index (χ1v) is 6.74. The Morgan fingerprint density at radius 2 is 1.95 bits per heavy atom. The molecule has 1 aromatic heterocycles. The monoisotopic (exact) mass is 348 g/mol. The van der Waals surface area contributed by atoms with E-state index in [9.17, 15) is 13.2 Å². The first-order valence-electron chi connectivity index (χ1n) is 5.13. The molecule has 0 bridgehead atoms. The highest BCUT2D eigenvalue weighted by atomic mass is 79.9. The number of halogens is 4. The van der Waals surface area contributed by atoms with Gasteiger partial charge in [-0.05, 0) is 46.3 Å². The van der Waals surface area contributed by atoms with Crippen molar-refractivity contribution in [2.75, 3.05) is 5.73 Å². The molecule has 0 radical (unpaired) electrons. The summed E-state index contributed by atoms with van der Waals surface area (Å²) in [5.41, 5.74) is 4.98. The van der Waals surface area contributed by atoms with Crippen LogP contribution in [0.2, 0.25) is 0 Å². The molecule has 0 unspecified atom stereocenters. The van der Waals surface area contributed by atoms with E-state index in [0.717, 1.165) is 16.6 Å². The number of nitrogens with zero attached hydrogens (tertiary/aromatic N) is 1. The molecule has 0 saturated carbocycles. The SMILES string of the molecule is Nc1cc(C(F)(F)F)ccc1Sc1ncccc1Br. The standard InChI is InChI=1S/C12H8BrF3N2S/c13-8-2-1-5-18-11(8)19-10-4-3-7(6-9(10)17)12(14,15)16/h1-6H,17H2. The van der Waals surface area contributed by atoms with Gasteiger partial charge < -0.3 is 5.73 Å². The molecule has 0 saturated heterocycles. The van der Waals surface area contributed by atoms with E-state index in [-0.39, 0.29) is 5.69 Å². The average Bonchev–Trinajstić information content (AvgIpc) is 2.33. The molecule has 0 atom stereocenters. The van der Waals surface area contributed by atoms with Gasteiger partial charge >= 0.3 is 6.18 Å². The second-order valence-electron chi connectivity index (χ2n) is 3.64. The lowest BCUT2D eigenvalue weighted by atomic mass is 10.2. The maximum Gasteiger partial charge on any atom is 0.416 e. The summed E-state index contributed by atoms with van der Waals surface area (Å²) in [6.45, 7) is 0. The Kier molecular flexibility index (Phi) is 4.05. The molecule has 2 N–H and O–H groups in total. The lowest BCUT2D eigenvalue weighted by Gasteiger charge is -2.10. The van der Waals surface area contributed by atoms with Crippen LogP contribution in [-0.4, -0.2) is 4.98 Å². The Bertz CT molecular complexity index is 602. The fraction of sp³-hybridized carbons (Fsp3) is 0.0833. The predicted octanol–water partition coefficient (Wildman–Crippen LogP) is 4.60. The largest absolute Gasteiger partial charge is 0.416 e. The Morgan fingerprint density at radius 1 is 1.21 bits per heavy atom. The highest BCUT2D eigenvalue weighted by Crippen LogP contribution is 2.38. The third kappa shape index (κ3) is 3.42. The van der Waals surface area contributed by atoms with Crippen LogP contribution in [0.3, 0.4) is 0 Å². The molecule has 0 aliphatic rings. The third-order valence-electron chi connectivity index (χ3n) is 2.27. The highest BCUT2D eigenvalue weighted by Gasteiger charge is 2.30. The van der Waals surface area contributed by atoms with E-state index < -0.39 is 11.7 Å². The number of aromatic nitrogens is 1. The molecule has 2 nitrogen and oxygen atoms in total. The smallest absolute Gasteiger partial charge is 0.398 e. The van der Waals surface area contributed by atoms with Crippen molar-refractivity contribution in [3.8, 4) is 0 Å². The zero-order valence-corrected chi connectivity index (χ0v) is 11.8. The summed E-state index contributed by atoms with van der Waals surface area (Å²) in [7, 11) is 0. The number of benzene rings is 1. The van der Waals surface area contributed by atoms with Gasteiger partial charge in [-0.15, -0.1) is 0 Å². The van der Waals surface area contributed by atoms with Gasteiger partial charge in [0.05, 0.1) is 10.0 Å². The molecule has 19 heavy (non-hydrogen) atoms. The fourth-order valence-corrected chi connectivity index (χ4v) is 2.67. The average molecular weight is 349 g/mol. The van der Waals surface area contributed by atoms with E-state index in [4.69, 9.17) is 5.73 Å². The molecular formula is C12H8BrF3N2S. The van der Waals surface area contributed by atoms with Crippen LogP contribution in [0.4, 0.5) is 18.9 Å². The molecule has 0 spiro atoms. The number of nitrogens with two attached hydrogens (primary N) is 1. The van der Waals surface area contributed by atoms with E-state index in [0.29, 0.717) is 9.92 Å². The van der Waals surface area contributed by atoms with Crippen LogP contribution in [0, 0.1) is 0 Å². The van der Waals surface area contributed by atoms with Crippen LogP contribution in [0.25, 0.3) is 0 Å². The van der Waals surface area contributed by atoms with Crippen LogP contribution >= 0.6 is 27.7 Å². The molecule has 1 heterocycles. The van der Waals surface area contributed by atoms with Gasteiger partial charge in [-0.2, -0.15) is 13.2 Å². The Balaban J connectivity index is 2.30. The summed E-state index contributed by atoms with van der Waals surface area (Å²) in [4.78, 5) is 4.66. The first-order chi connectivity index (χ1) is 8.88. The number of hydrogen-bond donors (Lipinski definition) is 1.